The van der Waals surface area contributed by atoms with Crippen LogP contribution in [0.5, 0.6) is 5.75 Å². The van der Waals surface area contributed by atoms with Gasteiger partial charge in [-0.1, -0.05) is 10.3 Å². The number of aryl methyl sites for hydroxylation is 1. The number of ether oxygens (including phenoxy) is 1. The Morgan fingerprint density at radius 2 is 2.26 bits per heavy atom. The summed E-state index contributed by atoms with van der Waals surface area (Å²) >= 11 is 0. The highest BCUT2D eigenvalue weighted by molar-refractivity contribution is 5.98. The normalized spacial score (nSPS) is 14.2. The Balaban J connectivity index is 1.99. The molecule has 0 bridgehead atoms. The molecule has 3 rings (SSSR count). The lowest BCUT2D eigenvalue weighted by atomic mass is 10.2. The van der Waals surface area contributed by atoms with Gasteiger partial charge in [-0.05, 0) is 25.1 Å². The molecule has 1 aliphatic rings. The highest BCUT2D eigenvalue weighted by atomic mass is 16.6. The molecule has 1 aliphatic heterocycles. The molecule has 0 radical (unpaired) electrons. The zero-order chi connectivity index (χ0) is 13.4. The molecule has 0 unspecified atom stereocenters. The molecule has 2 heterocycles. The highest BCUT2D eigenvalue weighted by Gasteiger charge is 2.27. The Morgan fingerprint density at radius 1 is 1.42 bits per heavy atom. The first-order valence-corrected chi connectivity index (χ1v) is 5.76. The summed E-state index contributed by atoms with van der Waals surface area (Å²) < 4.78 is 10.0. The van der Waals surface area contributed by atoms with E-state index >= 15 is 0 Å². The first kappa shape index (κ1) is 11.5. The summed E-state index contributed by atoms with van der Waals surface area (Å²) in [5.74, 6) is 0.475. The Labute approximate surface area is 108 Å². The van der Waals surface area contributed by atoms with Crippen LogP contribution in [0.3, 0.4) is 0 Å². The van der Waals surface area contributed by atoms with E-state index < -0.39 is 0 Å². The number of carbonyl (C=O) groups is 1. The lowest BCUT2D eigenvalue weighted by Crippen LogP contribution is -2.38. The fourth-order valence-corrected chi connectivity index (χ4v) is 1.94. The van der Waals surface area contributed by atoms with Crippen LogP contribution in [0.2, 0.25) is 0 Å². The van der Waals surface area contributed by atoms with Gasteiger partial charge in [-0.2, -0.15) is 0 Å². The molecule has 1 aromatic heterocycles. The van der Waals surface area contributed by atoms with E-state index in [0.29, 0.717) is 28.5 Å². The van der Waals surface area contributed by atoms with Crippen molar-refractivity contribution in [2.75, 3.05) is 17.2 Å². The summed E-state index contributed by atoms with van der Waals surface area (Å²) in [6.07, 6.45) is 0. The van der Waals surface area contributed by atoms with E-state index in [1.807, 2.05) is 0 Å². The van der Waals surface area contributed by atoms with Crippen LogP contribution in [-0.4, -0.2) is 22.8 Å². The number of anilines is 2. The van der Waals surface area contributed by atoms with Gasteiger partial charge in [0.05, 0.1) is 12.2 Å². The van der Waals surface area contributed by atoms with Gasteiger partial charge in [-0.15, -0.1) is 0 Å². The zero-order valence-corrected chi connectivity index (χ0v) is 10.3. The fourth-order valence-electron chi connectivity index (χ4n) is 1.94. The Bertz CT molecular complexity index is 638. The van der Waals surface area contributed by atoms with Crippen molar-refractivity contribution in [1.82, 2.24) is 10.3 Å². The highest BCUT2D eigenvalue weighted by Crippen LogP contribution is 2.34. The second kappa shape index (κ2) is 4.27. The van der Waals surface area contributed by atoms with Gasteiger partial charge in [0.25, 0.3) is 5.91 Å². The third kappa shape index (κ3) is 1.99. The number of hydrogen-bond donors (Lipinski definition) is 1. The third-order valence-electron chi connectivity index (χ3n) is 2.98. The largest absolute Gasteiger partial charge is 0.482 e. The lowest BCUT2D eigenvalue weighted by Gasteiger charge is -2.28. The van der Waals surface area contributed by atoms with Crippen molar-refractivity contribution < 1.29 is 14.2 Å². The smallest absolute Gasteiger partial charge is 0.265 e. The number of nitrogens with zero attached hydrogens (tertiary/aromatic N) is 3. The lowest BCUT2D eigenvalue weighted by molar-refractivity contribution is -0.121. The summed E-state index contributed by atoms with van der Waals surface area (Å²) in [5, 5.41) is 7.49. The fraction of sp³-hybridized carbons (Fsp3) is 0.250. The van der Waals surface area contributed by atoms with E-state index in [0.717, 1.165) is 0 Å². The number of carbonyl (C=O) groups excluding carboxylic acids is 1. The number of aromatic nitrogens is 2. The average Bonchev–Trinajstić information content (AvgIpc) is 2.79. The molecule has 0 fully saturated rings. The second-order valence-electron chi connectivity index (χ2n) is 4.29. The minimum Gasteiger partial charge on any atom is -0.482 e. The summed E-state index contributed by atoms with van der Waals surface area (Å²) in [6, 6.07) is 5.18. The molecule has 1 amide bonds. The van der Waals surface area contributed by atoms with Crippen molar-refractivity contribution in [3.8, 4) is 5.75 Å². The topological polar surface area (TPSA) is 94.5 Å². The summed E-state index contributed by atoms with van der Waals surface area (Å²) in [7, 11) is 0. The van der Waals surface area contributed by atoms with Crippen LogP contribution in [0.4, 0.5) is 11.4 Å². The van der Waals surface area contributed by atoms with Gasteiger partial charge in [-0.25, -0.2) is 4.63 Å². The number of amides is 1. The van der Waals surface area contributed by atoms with Crippen LogP contribution in [0, 0.1) is 6.92 Å². The maximum atomic E-state index is 12.0. The quantitative estimate of drug-likeness (QED) is 0.806. The van der Waals surface area contributed by atoms with Crippen molar-refractivity contribution >= 4 is 17.3 Å². The van der Waals surface area contributed by atoms with Crippen molar-refractivity contribution in [2.24, 2.45) is 0 Å². The zero-order valence-electron chi connectivity index (χ0n) is 10.3. The first-order chi connectivity index (χ1) is 9.15. The monoisotopic (exact) mass is 260 g/mol. The molecule has 0 saturated carbocycles. The minimum atomic E-state index is -0.152. The van der Waals surface area contributed by atoms with Crippen LogP contribution in [0.25, 0.3) is 0 Å². The molecule has 0 atom stereocenters. The summed E-state index contributed by atoms with van der Waals surface area (Å²) in [5.41, 5.74) is 8.23. The Morgan fingerprint density at radius 3 is 3.00 bits per heavy atom. The molecule has 7 nitrogen and oxygen atoms in total. The molecule has 1 aromatic carbocycles. The maximum absolute atomic E-state index is 12.0. The van der Waals surface area contributed by atoms with E-state index in [4.69, 9.17) is 10.5 Å². The maximum Gasteiger partial charge on any atom is 0.265 e. The van der Waals surface area contributed by atoms with E-state index in [2.05, 4.69) is 14.9 Å². The first-order valence-electron chi connectivity index (χ1n) is 5.76. The number of rotatable bonds is 2. The number of nitrogen functional groups attached to an aromatic ring is 1. The van der Waals surface area contributed by atoms with Gasteiger partial charge >= 0.3 is 0 Å². The van der Waals surface area contributed by atoms with Crippen LogP contribution >= 0.6 is 0 Å². The van der Waals surface area contributed by atoms with E-state index in [-0.39, 0.29) is 19.1 Å². The van der Waals surface area contributed by atoms with Crippen LogP contribution in [0.1, 0.15) is 11.4 Å². The predicted molar refractivity (Wildman–Crippen MR) is 66.6 cm³/mol. The standard InChI is InChI=1S/C12H12N4O3/c1-7-9(15-19-14-7)5-16-10-4-8(13)2-3-11(10)18-6-12(16)17/h2-4H,5-6,13H2,1H3. The molecular weight excluding hydrogens is 248 g/mol. The van der Waals surface area contributed by atoms with E-state index in [1.54, 1.807) is 30.0 Å². The van der Waals surface area contributed by atoms with Gasteiger partial charge in [-0.3, -0.25) is 9.69 Å². The predicted octanol–water partition coefficient (Wildman–Crippen LogP) is 0.886. The molecule has 2 N–H and O–H groups in total. The third-order valence-corrected chi connectivity index (χ3v) is 2.98. The molecule has 0 aliphatic carbocycles. The molecule has 0 saturated heterocycles. The van der Waals surface area contributed by atoms with Crippen LogP contribution in [0.15, 0.2) is 22.8 Å². The van der Waals surface area contributed by atoms with Crippen molar-refractivity contribution in [1.29, 1.82) is 0 Å². The summed E-state index contributed by atoms with van der Waals surface area (Å²) in [4.78, 5) is 13.6. The molecular formula is C12H12N4O3. The molecule has 19 heavy (non-hydrogen) atoms. The van der Waals surface area contributed by atoms with Gasteiger partial charge in [0.1, 0.15) is 17.1 Å². The van der Waals surface area contributed by atoms with Crippen molar-refractivity contribution in [2.45, 2.75) is 13.5 Å². The van der Waals surface area contributed by atoms with Gasteiger partial charge in [0, 0.05) is 5.69 Å². The van der Waals surface area contributed by atoms with Gasteiger partial charge in [0.2, 0.25) is 0 Å². The number of nitrogens with two attached hydrogens (primary N) is 1. The van der Waals surface area contributed by atoms with Crippen molar-refractivity contribution in [3.05, 3.63) is 29.6 Å². The molecule has 0 spiro atoms. The van der Waals surface area contributed by atoms with Crippen molar-refractivity contribution in [3.63, 3.8) is 0 Å². The number of benzene rings is 1. The minimum absolute atomic E-state index is 0.00124. The Kier molecular flexibility index (Phi) is 2.59. The molecule has 98 valence electrons. The second-order valence-corrected chi connectivity index (χ2v) is 4.29. The average molecular weight is 260 g/mol. The molecule has 2 aromatic rings. The SMILES string of the molecule is Cc1nonc1CN1C(=O)COc2ccc(N)cc21. The Hall–Kier alpha value is -2.57. The van der Waals surface area contributed by atoms with E-state index in [1.165, 1.54) is 0 Å². The van der Waals surface area contributed by atoms with Gasteiger partial charge < -0.3 is 10.5 Å². The van der Waals surface area contributed by atoms with Crippen LogP contribution in [-0.2, 0) is 11.3 Å². The van der Waals surface area contributed by atoms with Gasteiger partial charge in [0.15, 0.2) is 6.61 Å². The molecule has 7 heteroatoms. The van der Waals surface area contributed by atoms with Crippen LogP contribution < -0.4 is 15.4 Å². The van der Waals surface area contributed by atoms with E-state index in [9.17, 15) is 4.79 Å². The number of hydrogen-bond acceptors (Lipinski definition) is 6. The summed E-state index contributed by atoms with van der Waals surface area (Å²) in [6.45, 7) is 2.06. The number of fused-ring (bicyclic) bond motifs is 1.